The van der Waals surface area contributed by atoms with Crippen molar-refractivity contribution in [3.8, 4) is 17.2 Å². The molecule has 1 rings (SSSR count). The minimum absolute atomic E-state index is 0.0661. The van der Waals surface area contributed by atoms with Gasteiger partial charge in [0.2, 0.25) is 5.75 Å². The van der Waals surface area contributed by atoms with Crippen molar-refractivity contribution >= 4 is 0 Å². The lowest BCUT2D eigenvalue weighted by atomic mass is 10.2. The van der Waals surface area contributed by atoms with Gasteiger partial charge in [-0.3, -0.25) is 5.73 Å². The molecule has 0 amide bonds. The van der Waals surface area contributed by atoms with Crippen LogP contribution in [0.4, 0.5) is 0 Å². The van der Waals surface area contributed by atoms with Crippen LogP contribution in [0.25, 0.3) is 0 Å². The Hall–Kier alpha value is -1.42. The molecule has 4 heteroatoms. The summed E-state index contributed by atoms with van der Waals surface area (Å²) in [5.74, 6) is -0.365. The topological polar surface area (TPSA) is 73.5 Å². The molecule has 3 N–H and O–H groups in total. The van der Waals surface area contributed by atoms with E-state index in [0.717, 1.165) is 0 Å². The van der Waals surface area contributed by atoms with Crippen LogP contribution in [0.3, 0.4) is 0 Å². The van der Waals surface area contributed by atoms with Gasteiger partial charge < -0.3 is 14.9 Å². The van der Waals surface area contributed by atoms with Crippen molar-refractivity contribution < 1.29 is 14.9 Å². The Morgan fingerprint density at radius 2 is 2.00 bits per heavy atom. The highest BCUT2D eigenvalue weighted by molar-refractivity contribution is 5.53. The fourth-order valence-electron chi connectivity index (χ4n) is 0.910. The fourth-order valence-corrected chi connectivity index (χ4v) is 0.910. The molecule has 1 aromatic rings. The third-order valence-corrected chi connectivity index (χ3v) is 1.61. The van der Waals surface area contributed by atoms with Gasteiger partial charge in [0.1, 0.15) is 0 Å². The lowest BCUT2D eigenvalue weighted by Gasteiger charge is -2.07. The van der Waals surface area contributed by atoms with Crippen LogP contribution in [0.5, 0.6) is 17.2 Å². The first-order chi connectivity index (χ1) is 5.70. The molecule has 12 heavy (non-hydrogen) atoms. The highest BCUT2D eigenvalue weighted by Crippen LogP contribution is 2.37. The number of benzene rings is 1. The van der Waals surface area contributed by atoms with Crippen molar-refractivity contribution in [1.29, 1.82) is 0 Å². The van der Waals surface area contributed by atoms with Gasteiger partial charge in [-0.2, -0.15) is 0 Å². The summed E-state index contributed by atoms with van der Waals surface area (Å²) >= 11 is 0. The van der Waals surface area contributed by atoms with Crippen LogP contribution in [-0.4, -0.2) is 17.3 Å². The van der Waals surface area contributed by atoms with E-state index < -0.39 is 0 Å². The summed E-state index contributed by atoms with van der Waals surface area (Å²) in [4.78, 5) is 0. The zero-order chi connectivity index (χ0) is 9.14. The minimum Gasteiger partial charge on any atom is -0.504 e. The second-order valence-electron chi connectivity index (χ2n) is 2.30. The number of hydrogen-bond acceptors (Lipinski definition) is 3. The van der Waals surface area contributed by atoms with Gasteiger partial charge >= 0.3 is 0 Å². The number of methoxy groups -OCH3 is 1. The Labute approximate surface area is 70.2 Å². The molecule has 65 valence electrons. The van der Waals surface area contributed by atoms with E-state index in [1.807, 2.05) is 0 Å². The average molecular weight is 168 g/mol. The molecule has 0 aliphatic heterocycles. The quantitative estimate of drug-likeness (QED) is 0.644. The highest BCUT2D eigenvalue weighted by Gasteiger charge is 2.10. The standard InChI is InChI=1S/C8H10NO3/c1-12-6-3-2-5(4-9)7(10)8(6)11/h2-3,9-11H,4H2,1H3. The second-order valence-corrected chi connectivity index (χ2v) is 2.30. The number of ether oxygens (including phenoxy) is 1. The van der Waals surface area contributed by atoms with E-state index in [2.05, 4.69) is 0 Å². The third kappa shape index (κ3) is 1.29. The van der Waals surface area contributed by atoms with Gasteiger partial charge in [0, 0.05) is 12.1 Å². The van der Waals surface area contributed by atoms with Crippen LogP contribution < -0.4 is 10.5 Å². The molecular formula is C8H10NO3. The van der Waals surface area contributed by atoms with Gasteiger partial charge in [-0.15, -0.1) is 0 Å². The van der Waals surface area contributed by atoms with Gasteiger partial charge in [0.05, 0.1) is 7.11 Å². The van der Waals surface area contributed by atoms with Crippen LogP contribution >= 0.6 is 0 Å². The molecule has 0 heterocycles. The molecule has 1 radical (unpaired) electrons. The Morgan fingerprint density at radius 1 is 1.33 bits per heavy atom. The van der Waals surface area contributed by atoms with E-state index in [1.54, 1.807) is 6.07 Å². The van der Waals surface area contributed by atoms with E-state index in [4.69, 9.17) is 10.5 Å². The van der Waals surface area contributed by atoms with E-state index in [-0.39, 0.29) is 23.8 Å². The largest absolute Gasteiger partial charge is 0.504 e. The summed E-state index contributed by atoms with van der Waals surface area (Å²) in [7, 11) is 1.40. The van der Waals surface area contributed by atoms with E-state index in [1.165, 1.54) is 13.2 Å². The van der Waals surface area contributed by atoms with Crippen LogP contribution in [0, 0.1) is 0 Å². The van der Waals surface area contributed by atoms with Gasteiger partial charge in [0.15, 0.2) is 11.5 Å². The number of phenols is 2. The predicted octanol–water partition coefficient (Wildman–Crippen LogP) is 0.889. The summed E-state index contributed by atoms with van der Waals surface area (Å²) in [5, 5.41) is 18.5. The summed E-state index contributed by atoms with van der Waals surface area (Å²) < 4.78 is 4.75. The number of hydrogen-bond donors (Lipinski definition) is 2. The van der Waals surface area contributed by atoms with Gasteiger partial charge in [-0.1, -0.05) is 6.07 Å². The number of aromatic hydroxyl groups is 2. The van der Waals surface area contributed by atoms with Crippen molar-refractivity contribution in [1.82, 2.24) is 5.73 Å². The van der Waals surface area contributed by atoms with Gasteiger partial charge in [-0.05, 0) is 6.07 Å². The van der Waals surface area contributed by atoms with Crippen molar-refractivity contribution in [2.45, 2.75) is 6.54 Å². The highest BCUT2D eigenvalue weighted by atomic mass is 16.5. The first-order valence-corrected chi connectivity index (χ1v) is 3.43. The minimum atomic E-state index is -0.303. The van der Waals surface area contributed by atoms with Crippen LogP contribution in [0.15, 0.2) is 12.1 Å². The second kappa shape index (κ2) is 3.32. The normalized spacial score (nSPS) is 9.83. The molecule has 0 atom stereocenters. The number of phenolic OH excluding ortho intramolecular Hbond substituents is 2. The van der Waals surface area contributed by atoms with Crippen molar-refractivity contribution in [3.63, 3.8) is 0 Å². The molecule has 0 unspecified atom stereocenters. The zero-order valence-corrected chi connectivity index (χ0v) is 6.66. The molecule has 0 bridgehead atoms. The molecule has 0 spiro atoms. The Morgan fingerprint density at radius 3 is 2.50 bits per heavy atom. The molecule has 4 nitrogen and oxygen atoms in total. The molecule has 0 aliphatic rings. The lowest BCUT2D eigenvalue weighted by molar-refractivity contribution is 0.349. The Kier molecular flexibility index (Phi) is 2.40. The van der Waals surface area contributed by atoms with E-state index in [9.17, 15) is 10.2 Å². The van der Waals surface area contributed by atoms with Crippen LogP contribution in [0.2, 0.25) is 0 Å². The molecule has 0 aromatic heterocycles. The first kappa shape index (κ1) is 8.67. The zero-order valence-electron chi connectivity index (χ0n) is 6.66. The van der Waals surface area contributed by atoms with Crippen LogP contribution in [0.1, 0.15) is 5.56 Å². The summed E-state index contributed by atoms with van der Waals surface area (Å²) in [6, 6.07) is 3.06. The summed E-state index contributed by atoms with van der Waals surface area (Å²) in [6.07, 6.45) is 0. The van der Waals surface area contributed by atoms with Crippen molar-refractivity contribution in [2.24, 2.45) is 0 Å². The maximum Gasteiger partial charge on any atom is 0.200 e. The molecule has 0 fully saturated rings. The number of nitrogens with one attached hydrogen (secondary N) is 1. The molecule has 0 saturated carbocycles. The Bertz CT molecular complexity index is 257. The monoisotopic (exact) mass is 168 g/mol. The lowest BCUT2D eigenvalue weighted by Crippen LogP contribution is -1.89. The van der Waals surface area contributed by atoms with Gasteiger partial charge in [-0.25, -0.2) is 0 Å². The summed E-state index contributed by atoms with van der Waals surface area (Å²) in [5.41, 5.74) is 7.38. The maximum absolute atomic E-state index is 9.26. The van der Waals surface area contributed by atoms with Crippen molar-refractivity contribution in [2.75, 3.05) is 7.11 Å². The Balaban J connectivity index is 3.20. The van der Waals surface area contributed by atoms with Crippen LogP contribution in [-0.2, 0) is 6.54 Å². The smallest absolute Gasteiger partial charge is 0.200 e. The van der Waals surface area contributed by atoms with E-state index in [0.29, 0.717) is 5.56 Å². The average Bonchev–Trinajstić information content (AvgIpc) is 2.10. The van der Waals surface area contributed by atoms with E-state index >= 15 is 0 Å². The molecule has 1 aromatic carbocycles. The predicted molar refractivity (Wildman–Crippen MR) is 43.1 cm³/mol. The molecule has 0 aliphatic carbocycles. The maximum atomic E-state index is 9.26. The molecule has 0 saturated heterocycles. The fraction of sp³-hybridized carbons (Fsp3) is 0.250. The summed E-state index contributed by atoms with van der Waals surface area (Å²) in [6.45, 7) is -0.0661. The van der Waals surface area contributed by atoms with Crippen molar-refractivity contribution in [3.05, 3.63) is 17.7 Å². The molecular weight excluding hydrogens is 158 g/mol. The SMILES string of the molecule is COc1ccc(C[NH])c(O)c1O. The third-order valence-electron chi connectivity index (χ3n) is 1.61. The number of rotatable bonds is 2. The first-order valence-electron chi connectivity index (χ1n) is 3.43. The van der Waals surface area contributed by atoms with Gasteiger partial charge in [0.25, 0.3) is 0 Å².